The van der Waals surface area contributed by atoms with Crippen LogP contribution in [-0.4, -0.2) is 28.7 Å². The third-order valence-electron chi connectivity index (χ3n) is 5.38. The van der Waals surface area contributed by atoms with Crippen molar-refractivity contribution in [1.29, 1.82) is 0 Å². The van der Waals surface area contributed by atoms with Gasteiger partial charge in [-0.1, -0.05) is 18.2 Å². The van der Waals surface area contributed by atoms with E-state index in [1.807, 2.05) is 50.3 Å². The average molecular weight is 423 g/mol. The van der Waals surface area contributed by atoms with Gasteiger partial charge in [-0.15, -0.1) is 0 Å². The molecule has 5 aromatic heterocycles. The predicted octanol–water partition coefficient (Wildman–Crippen LogP) is 5.54. The second-order valence-electron chi connectivity index (χ2n) is 7.39. The Bertz CT molecular complexity index is 1530. The van der Waals surface area contributed by atoms with Gasteiger partial charge in [0.15, 0.2) is 0 Å². The molecular formula is C24H18N6S. The third-order valence-corrected chi connectivity index (χ3v) is 6.36. The van der Waals surface area contributed by atoms with E-state index in [0.717, 1.165) is 44.2 Å². The molecule has 0 spiro atoms. The molecule has 0 aliphatic carbocycles. The lowest BCUT2D eigenvalue weighted by Gasteiger charge is -2.03. The van der Waals surface area contributed by atoms with E-state index in [2.05, 4.69) is 66.6 Å². The zero-order valence-corrected chi connectivity index (χ0v) is 17.5. The minimum Gasteiger partial charge on any atom is -0.346 e. The van der Waals surface area contributed by atoms with Crippen LogP contribution in [0.5, 0.6) is 0 Å². The van der Waals surface area contributed by atoms with E-state index in [1.54, 1.807) is 16.6 Å². The number of fused-ring (bicyclic) bond motifs is 2. The van der Waals surface area contributed by atoms with Crippen molar-refractivity contribution < 1.29 is 0 Å². The lowest BCUT2D eigenvalue weighted by molar-refractivity contribution is 0.768. The lowest BCUT2D eigenvalue weighted by atomic mass is 10.0. The van der Waals surface area contributed by atoms with Crippen LogP contribution in [0.2, 0.25) is 0 Å². The van der Waals surface area contributed by atoms with E-state index < -0.39 is 0 Å². The summed E-state index contributed by atoms with van der Waals surface area (Å²) in [6.07, 6.45) is 13.7. The quantitative estimate of drug-likeness (QED) is 0.405. The van der Waals surface area contributed by atoms with Gasteiger partial charge in [0.05, 0.1) is 17.9 Å². The molecule has 0 aliphatic heterocycles. The van der Waals surface area contributed by atoms with Gasteiger partial charge in [-0.25, -0.2) is 4.98 Å². The first-order valence-electron chi connectivity index (χ1n) is 9.91. The molecule has 31 heavy (non-hydrogen) atoms. The Morgan fingerprint density at radius 2 is 1.81 bits per heavy atom. The van der Waals surface area contributed by atoms with Gasteiger partial charge in [0.1, 0.15) is 5.65 Å². The average Bonchev–Trinajstić information content (AvgIpc) is 3.51. The highest BCUT2D eigenvalue weighted by atomic mass is 32.2. The fourth-order valence-electron chi connectivity index (χ4n) is 3.89. The van der Waals surface area contributed by atoms with Crippen LogP contribution in [0.1, 0.15) is 0 Å². The van der Waals surface area contributed by atoms with Gasteiger partial charge in [0.25, 0.3) is 0 Å². The summed E-state index contributed by atoms with van der Waals surface area (Å²) in [5.41, 5.74) is 6.32. The molecule has 5 heterocycles. The number of nitrogens with zero attached hydrogens (tertiary/aromatic N) is 5. The topological polar surface area (TPSA) is 64.3 Å². The van der Waals surface area contributed by atoms with Crippen LogP contribution in [0.3, 0.4) is 0 Å². The molecule has 0 saturated carbocycles. The summed E-state index contributed by atoms with van der Waals surface area (Å²) in [4.78, 5) is 13.5. The highest BCUT2D eigenvalue weighted by molar-refractivity contribution is 7.98. The first-order chi connectivity index (χ1) is 15.3. The highest BCUT2D eigenvalue weighted by Gasteiger charge is 2.16. The standard InChI is InChI=1S/C24H18N6S/c1-29-14-17(11-28-29)16-9-20-21(12-27-24(20)26-10-16)22-15-30(23-13-25-8-7-19(22)23)31-18-5-3-2-4-6-18/h2-15H,1H3,(H,26,27). The first kappa shape index (κ1) is 18.0. The molecule has 0 radical (unpaired) electrons. The smallest absolute Gasteiger partial charge is 0.137 e. The number of rotatable bonds is 4. The van der Waals surface area contributed by atoms with E-state index in [-0.39, 0.29) is 0 Å². The highest BCUT2D eigenvalue weighted by Crippen LogP contribution is 2.38. The van der Waals surface area contributed by atoms with Crippen molar-refractivity contribution >= 4 is 33.9 Å². The molecule has 6 rings (SSSR count). The van der Waals surface area contributed by atoms with Gasteiger partial charge in [-0.2, -0.15) is 5.10 Å². The number of aromatic amines is 1. The van der Waals surface area contributed by atoms with Crippen LogP contribution in [0, 0.1) is 0 Å². The maximum Gasteiger partial charge on any atom is 0.137 e. The SMILES string of the molecule is Cn1cc(-c2cnc3[nH]cc(-c4cn(Sc5ccccc5)c5cnccc45)c3c2)cn1. The number of benzene rings is 1. The molecule has 6 aromatic rings. The normalized spacial score (nSPS) is 11.5. The van der Waals surface area contributed by atoms with Crippen molar-refractivity contribution in [2.45, 2.75) is 4.90 Å². The van der Waals surface area contributed by atoms with Crippen molar-refractivity contribution in [3.8, 4) is 22.3 Å². The van der Waals surface area contributed by atoms with E-state index in [1.165, 1.54) is 4.90 Å². The van der Waals surface area contributed by atoms with Crippen molar-refractivity contribution in [2.24, 2.45) is 7.05 Å². The Labute approximate surface area is 182 Å². The summed E-state index contributed by atoms with van der Waals surface area (Å²) >= 11 is 1.68. The van der Waals surface area contributed by atoms with Crippen molar-refractivity contribution in [2.75, 3.05) is 0 Å². The fourth-order valence-corrected chi connectivity index (χ4v) is 4.79. The molecule has 6 nitrogen and oxygen atoms in total. The van der Waals surface area contributed by atoms with E-state index in [0.29, 0.717) is 0 Å². The summed E-state index contributed by atoms with van der Waals surface area (Å²) < 4.78 is 3.99. The Balaban J connectivity index is 1.52. The molecule has 150 valence electrons. The molecule has 0 aliphatic rings. The maximum absolute atomic E-state index is 4.65. The van der Waals surface area contributed by atoms with Crippen LogP contribution in [0.15, 0.2) is 90.7 Å². The second-order valence-corrected chi connectivity index (χ2v) is 8.44. The molecule has 0 saturated heterocycles. The molecule has 0 bridgehead atoms. The number of hydrogen-bond donors (Lipinski definition) is 1. The third kappa shape index (κ3) is 3.10. The van der Waals surface area contributed by atoms with E-state index in [4.69, 9.17) is 0 Å². The van der Waals surface area contributed by atoms with Crippen LogP contribution >= 0.6 is 11.9 Å². The van der Waals surface area contributed by atoms with Gasteiger partial charge in [-0.05, 0) is 36.2 Å². The van der Waals surface area contributed by atoms with Crippen molar-refractivity contribution in [3.63, 3.8) is 0 Å². The number of H-pyrrole nitrogens is 1. The molecule has 1 N–H and O–H groups in total. The summed E-state index contributed by atoms with van der Waals surface area (Å²) in [5, 5.41) is 6.54. The summed E-state index contributed by atoms with van der Waals surface area (Å²) in [7, 11) is 1.92. The molecule has 0 unspecified atom stereocenters. The Morgan fingerprint density at radius 3 is 2.65 bits per heavy atom. The largest absolute Gasteiger partial charge is 0.346 e. The second kappa shape index (κ2) is 7.14. The summed E-state index contributed by atoms with van der Waals surface area (Å²) in [6.45, 7) is 0. The van der Waals surface area contributed by atoms with Gasteiger partial charge < -0.3 is 4.98 Å². The monoisotopic (exact) mass is 422 g/mol. The summed E-state index contributed by atoms with van der Waals surface area (Å²) in [6, 6.07) is 14.6. The fraction of sp³-hybridized carbons (Fsp3) is 0.0417. The van der Waals surface area contributed by atoms with Crippen molar-refractivity contribution in [1.82, 2.24) is 28.7 Å². The van der Waals surface area contributed by atoms with Gasteiger partial charge in [-0.3, -0.25) is 13.6 Å². The number of pyridine rings is 2. The molecular weight excluding hydrogens is 404 g/mol. The zero-order chi connectivity index (χ0) is 20.8. The first-order valence-corrected chi connectivity index (χ1v) is 10.7. The van der Waals surface area contributed by atoms with Crippen LogP contribution in [0.4, 0.5) is 0 Å². The van der Waals surface area contributed by atoms with Crippen LogP contribution in [0.25, 0.3) is 44.2 Å². The van der Waals surface area contributed by atoms with Gasteiger partial charge >= 0.3 is 0 Å². The minimum atomic E-state index is 0.869. The Hall–Kier alpha value is -3.84. The Morgan fingerprint density at radius 1 is 0.903 bits per heavy atom. The maximum atomic E-state index is 4.65. The van der Waals surface area contributed by atoms with Crippen LogP contribution < -0.4 is 0 Å². The molecule has 0 amide bonds. The summed E-state index contributed by atoms with van der Waals surface area (Å²) in [5.74, 6) is 0. The number of aryl methyl sites for hydroxylation is 1. The van der Waals surface area contributed by atoms with Crippen molar-refractivity contribution in [3.05, 3.63) is 85.8 Å². The zero-order valence-electron chi connectivity index (χ0n) is 16.7. The number of aromatic nitrogens is 6. The Kier molecular flexibility index (Phi) is 4.14. The van der Waals surface area contributed by atoms with E-state index in [9.17, 15) is 0 Å². The molecule has 7 heteroatoms. The van der Waals surface area contributed by atoms with Gasteiger partial charge in [0.2, 0.25) is 0 Å². The molecule has 1 aromatic carbocycles. The lowest BCUT2D eigenvalue weighted by Crippen LogP contribution is -1.84. The van der Waals surface area contributed by atoms with E-state index >= 15 is 0 Å². The van der Waals surface area contributed by atoms with Gasteiger partial charge in [0, 0.05) is 76.0 Å². The van der Waals surface area contributed by atoms with Crippen LogP contribution in [-0.2, 0) is 7.05 Å². The predicted molar refractivity (Wildman–Crippen MR) is 125 cm³/mol. The minimum absolute atomic E-state index is 0.869. The number of nitrogens with one attached hydrogen (secondary N) is 1. The molecule has 0 fully saturated rings. The number of hydrogen-bond acceptors (Lipinski definition) is 4. The molecule has 0 atom stereocenters.